The molecule has 1 aromatic heterocycles. The lowest BCUT2D eigenvalue weighted by atomic mass is 10.1. The van der Waals surface area contributed by atoms with Crippen LogP contribution in [0.2, 0.25) is 0 Å². The van der Waals surface area contributed by atoms with Crippen LogP contribution < -0.4 is 10.2 Å². The fourth-order valence-corrected chi connectivity index (χ4v) is 6.91. The second-order valence-corrected chi connectivity index (χ2v) is 11.0. The number of fused-ring (bicyclic) bond motifs is 6. The Morgan fingerprint density at radius 3 is 2.15 bits per heavy atom. The van der Waals surface area contributed by atoms with Crippen LogP contribution in [0.5, 0.6) is 0 Å². The van der Waals surface area contributed by atoms with Crippen LogP contribution in [0.3, 0.4) is 0 Å². The maximum atomic E-state index is 6.48. The van der Waals surface area contributed by atoms with Gasteiger partial charge in [-0.05, 0) is 64.9 Å². The third-order valence-electron chi connectivity index (χ3n) is 7.46. The second kappa shape index (κ2) is 8.97. The summed E-state index contributed by atoms with van der Waals surface area (Å²) >= 11 is 1.86. The first-order chi connectivity index (χ1) is 19.3. The Morgan fingerprint density at radius 1 is 0.590 bits per heavy atom. The van der Waals surface area contributed by atoms with E-state index in [9.17, 15) is 0 Å². The highest BCUT2D eigenvalue weighted by molar-refractivity contribution is 8.00. The van der Waals surface area contributed by atoms with E-state index in [1.54, 1.807) is 0 Å². The summed E-state index contributed by atoms with van der Waals surface area (Å²) in [6.07, 6.45) is 0. The Balaban J connectivity index is 1.26. The number of hydrogen-bond donors (Lipinski definition) is 1. The van der Waals surface area contributed by atoms with Gasteiger partial charge in [0.1, 0.15) is 16.5 Å². The molecule has 0 fully saturated rings. The molecule has 1 aliphatic heterocycles. The summed E-state index contributed by atoms with van der Waals surface area (Å²) in [4.78, 5) is 3.55. The number of nitrogens with zero attached hydrogens (tertiary/aromatic N) is 1. The quantitative estimate of drug-likeness (QED) is 0.250. The Bertz CT molecular complexity index is 1980. The summed E-state index contributed by atoms with van der Waals surface area (Å²) in [5, 5.41) is 8.66. The number of rotatable bonds is 4. The normalized spacial score (nSPS) is 14.5. The first kappa shape index (κ1) is 22.3. The first-order valence-corrected chi connectivity index (χ1v) is 14.0. The van der Waals surface area contributed by atoms with Crippen molar-refractivity contribution < 1.29 is 4.42 Å². The largest absolute Gasteiger partial charge is 0.456 e. The highest BCUT2D eigenvalue weighted by atomic mass is 32.2. The zero-order chi connectivity index (χ0) is 25.8. The maximum absolute atomic E-state index is 6.48. The van der Waals surface area contributed by atoms with Gasteiger partial charge in [0.25, 0.3) is 0 Å². The Morgan fingerprint density at radius 2 is 1.31 bits per heavy atom. The lowest BCUT2D eigenvalue weighted by molar-refractivity contribution is 0.668. The highest BCUT2D eigenvalue weighted by Gasteiger charge is 2.27. The van der Waals surface area contributed by atoms with Crippen LogP contribution in [0.25, 0.3) is 32.7 Å². The molecule has 0 saturated heterocycles. The summed E-state index contributed by atoms with van der Waals surface area (Å²) in [6.45, 7) is 0. The molecule has 0 bridgehead atoms. The number of nitrogens with one attached hydrogen (secondary N) is 1. The molecule has 4 heteroatoms. The molecule has 1 unspecified atom stereocenters. The van der Waals surface area contributed by atoms with E-state index in [0.29, 0.717) is 0 Å². The summed E-state index contributed by atoms with van der Waals surface area (Å²) in [7, 11) is 0. The Labute approximate surface area is 230 Å². The van der Waals surface area contributed by atoms with Crippen LogP contribution in [-0.4, -0.2) is 0 Å². The average molecular weight is 521 g/mol. The molecular formula is C35H24N2OS. The number of thioether (sulfide) groups is 1. The topological polar surface area (TPSA) is 28.4 Å². The van der Waals surface area contributed by atoms with Crippen LogP contribution in [0.4, 0.5) is 22.7 Å². The van der Waals surface area contributed by atoms with Crippen molar-refractivity contribution in [2.45, 2.75) is 10.3 Å². The van der Waals surface area contributed by atoms with Crippen LogP contribution in [-0.2, 0) is 0 Å². The standard InChI is InChI=1S/C35H24N2OS/c1-3-10-24(11-4-1)35-36-30-19-20-31-33(34(30)39-35)29-18-17-28(22-32(29)38-31)37(26-13-5-2-6-14-26)27-16-15-23-9-7-8-12-25(23)21-27/h1-22,35-36H. The Kier molecular flexibility index (Phi) is 5.13. The molecule has 0 saturated carbocycles. The SMILES string of the molecule is c1ccc(C2Nc3ccc4oc5cc(N(c6ccccc6)c6ccc7ccccc7c6)ccc5c4c3S2)cc1. The van der Waals surface area contributed by atoms with Gasteiger partial charge in [0.15, 0.2) is 0 Å². The first-order valence-electron chi connectivity index (χ1n) is 13.1. The number of para-hydroxylation sites is 1. The van der Waals surface area contributed by atoms with Crippen molar-refractivity contribution in [3.63, 3.8) is 0 Å². The third-order valence-corrected chi connectivity index (χ3v) is 8.75. The van der Waals surface area contributed by atoms with E-state index in [1.165, 1.54) is 26.6 Å². The lowest BCUT2D eigenvalue weighted by Crippen LogP contribution is -2.09. The third kappa shape index (κ3) is 3.76. The van der Waals surface area contributed by atoms with E-state index in [2.05, 4.69) is 144 Å². The van der Waals surface area contributed by atoms with E-state index in [1.807, 2.05) is 11.8 Å². The molecule has 39 heavy (non-hydrogen) atoms. The Hall–Kier alpha value is -4.67. The molecule has 1 aliphatic rings. The molecule has 7 aromatic rings. The molecular weight excluding hydrogens is 496 g/mol. The van der Waals surface area contributed by atoms with Gasteiger partial charge >= 0.3 is 0 Å². The number of benzene rings is 6. The van der Waals surface area contributed by atoms with Gasteiger partial charge < -0.3 is 14.6 Å². The van der Waals surface area contributed by atoms with Crippen molar-refractivity contribution >= 4 is 67.2 Å². The van der Waals surface area contributed by atoms with E-state index < -0.39 is 0 Å². The fraction of sp³-hybridized carbons (Fsp3) is 0.0286. The monoisotopic (exact) mass is 520 g/mol. The molecule has 2 heterocycles. The van der Waals surface area contributed by atoms with Crippen LogP contribution >= 0.6 is 11.8 Å². The average Bonchev–Trinajstić information content (AvgIpc) is 3.59. The summed E-state index contributed by atoms with van der Waals surface area (Å²) < 4.78 is 6.48. The van der Waals surface area contributed by atoms with E-state index in [-0.39, 0.29) is 5.37 Å². The predicted molar refractivity (Wildman–Crippen MR) is 165 cm³/mol. The maximum Gasteiger partial charge on any atom is 0.137 e. The second-order valence-electron chi connectivity index (χ2n) is 9.85. The van der Waals surface area contributed by atoms with E-state index in [0.717, 1.165) is 39.3 Å². The zero-order valence-corrected chi connectivity index (χ0v) is 21.9. The molecule has 1 N–H and O–H groups in total. The van der Waals surface area contributed by atoms with Crippen molar-refractivity contribution in [3.8, 4) is 0 Å². The van der Waals surface area contributed by atoms with E-state index >= 15 is 0 Å². The predicted octanol–water partition coefficient (Wildman–Crippen LogP) is 10.4. The van der Waals surface area contributed by atoms with Gasteiger partial charge in [-0.1, -0.05) is 90.6 Å². The number of anilines is 4. The minimum Gasteiger partial charge on any atom is -0.456 e. The van der Waals surface area contributed by atoms with Gasteiger partial charge in [0, 0.05) is 44.5 Å². The number of furan rings is 1. The molecule has 6 aromatic carbocycles. The molecule has 0 aliphatic carbocycles. The van der Waals surface area contributed by atoms with Crippen LogP contribution in [0, 0.1) is 0 Å². The summed E-state index contributed by atoms with van der Waals surface area (Å²) in [5.74, 6) is 0. The van der Waals surface area contributed by atoms with Gasteiger partial charge in [-0.2, -0.15) is 0 Å². The molecule has 186 valence electrons. The van der Waals surface area contributed by atoms with Crippen molar-refractivity contribution in [2.24, 2.45) is 0 Å². The minimum atomic E-state index is 0.192. The van der Waals surface area contributed by atoms with Crippen LogP contribution in [0.1, 0.15) is 10.9 Å². The smallest absolute Gasteiger partial charge is 0.137 e. The molecule has 0 spiro atoms. The van der Waals surface area contributed by atoms with Crippen molar-refractivity contribution in [1.82, 2.24) is 0 Å². The summed E-state index contributed by atoms with van der Waals surface area (Å²) in [6, 6.07) is 47.1. The highest BCUT2D eigenvalue weighted by Crippen LogP contribution is 2.52. The van der Waals surface area contributed by atoms with Gasteiger partial charge in [-0.25, -0.2) is 0 Å². The van der Waals surface area contributed by atoms with E-state index in [4.69, 9.17) is 4.42 Å². The molecule has 8 rings (SSSR count). The molecule has 0 radical (unpaired) electrons. The van der Waals surface area contributed by atoms with Gasteiger partial charge in [-0.3, -0.25) is 0 Å². The zero-order valence-electron chi connectivity index (χ0n) is 21.0. The molecule has 1 atom stereocenters. The van der Waals surface area contributed by atoms with Gasteiger partial charge in [-0.15, -0.1) is 0 Å². The van der Waals surface area contributed by atoms with Crippen molar-refractivity contribution in [1.29, 1.82) is 0 Å². The van der Waals surface area contributed by atoms with Crippen LogP contribution in [0.15, 0.2) is 143 Å². The fourth-order valence-electron chi connectivity index (χ4n) is 5.61. The summed E-state index contributed by atoms with van der Waals surface area (Å²) in [5.41, 5.74) is 7.53. The molecule has 0 amide bonds. The van der Waals surface area contributed by atoms with Gasteiger partial charge in [0.2, 0.25) is 0 Å². The van der Waals surface area contributed by atoms with Crippen molar-refractivity contribution in [2.75, 3.05) is 10.2 Å². The number of hydrogen-bond acceptors (Lipinski definition) is 4. The lowest BCUT2D eigenvalue weighted by Gasteiger charge is -2.25. The van der Waals surface area contributed by atoms with Gasteiger partial charge in [0.05, 0.1) is 0 Å². The molecule has 3 nitrogen and oxygen atoms in total. The minimum absolute atomic E-state index is 0.192. The van der Waals surface area contributed by atoms with Crippen molar-refractivity contribution in [3.05, 3.63) is 139 Å².